The molecule has 27 nitrogen and oxygen atoms in total. The van der Waals surface area contributed by atoms with Crippen molar-refractivity contribution in [3.63, 3.8) is 0 Å². The van der Waals surface area contributed by atoms with E-state index in [4.69, 9.17) is 29.4 Å². The predicted molar refractivity (Wildman–Crippen MR) is 112 cm³/mol. The fourth-order valence-electron chi connectivity index (χ4n) is 2.83. The molecule has 0 aliphatic heterocycles. The molecule has 40 heavy (non-hydrogen) atoms. The summed E-state index contributed by atoms with van der Waals surface area (Å²) in [5, 5.41) is 10.5. The number of aliphatic hydroxyl groups is 1. The molecule has 1 fully saturated rings. The van der Waals surface area contributed by atoms with Crippen LogP contribution in [0.5, 0.6) is 0 Å². The first kappa shape index (κ1) is 38.8. The van der Waals surface area contributed by atoms with E-state index in [1.165, 1.54) is 0 Å². The summed E-state index contributed by atoms with van der Waals surface area (Å²) in [6, 6.07) is 0. The van der Waals surface area contributed by atoms with Crippen LogP contribution >= 0.6 is 54.8 Å². The third-order valence-corrected chi connectivity index (χ3v) is 9.60. The van der Waals surface area contributed by atoms with Gasteiger partial charge in [-0.15, -0.1) is 0 Å². The SMILES string of the molecule is O=P(O)(O)O[C@H]1[C@@H](OP(=O)(O)OP(=O)(O)O)[C@H](OP(=O)(O)O)[C@@H](O)[C@H](OP(=O)(O)OP(=O)(O)O)[C@H]1OP(=O)(O)O. The van der Waals surface area contributed by atoms with Gasteiger partial charge in [-0.05, 0) is 0 Å². The summed E-state index contributed by atoms with van der Waals surface area (Å²) in [5.41, 5.74) is 0. The molecule has 0 spiro atoms. The third kappa shape index (κ3) is 14.5. The Morgan fingerprint density at radius 2 is 0.575 bits per heavy atom. The lowest BCUT2D eigenvalue weighted by Crippen LogP contribution is -2.66. The first-order valence-electron chi connectivity index (χ1n) is 8.76. The predicted octanol–water partition coefficient (Wildman–Crippen LogP) is -3.02. The van der Waals surface area contributed by atoms with Crippen LogP contribution in [0.3, 0.4) is 0 Å². The summed E-state index contributed by atoms with van der Waals surface area (Å²) in [4.78, 5) is 109. The highest BCUT2D eigenvalue weighted by molar-refractivity contribution is 7.61. The molecule has 1 aliphatic rings. The Balaban J connectivity index is 3.93. The quantitative estimate of drug-likeness (QED) is 0.0788. The van der Waals surface area contributed by atoms with Crippen molar-refractivity contribution in [3.8, 4) is 0 Å². The van der Waals surface area contributed by atoms with Crippen LogP contribution in [0.15, 0.2) is 0 Å². The second-order valence-electron chi connectivity index (χ2n) is 6.89. The van der Waals surface area contributed by atoms with E-state index in [-0.39, 0.29) is 0 Å². The summed E-state index contributed by atoms with van der Waals surface area (Å²) in [6.07, 6.45) is -19.5. The zero-order chi connectivity index (χ0) is 31.9. The van der Waals surface area contributed by atoms with E-state index in [1.807, 2.05) is 0 Å². The summed E-state index contributed by atoms with van der Waals surface area (Å²) >= 11 is 0. The molecular formula is C6H19O27P7. The lowest BCUT2D eigenvalue weighted by atomic mass is 9.85. The monoisotopic (exact) mass is 740 g/mol. The Labute approximate surface area is 219 Å². The highest BCUT2D eigenvalue weighted by Crippen LogP contribution is 2.63. The molecule has 0 bridgehead atoms. The molecule has 0 aromatic rings. The topological polar surface area (TPSA) is 447 Å². The summed E-state index contributed by atoms with van der Waals surface area (Å²) in [7, 11) is -43.0. The number of hydrogen-bond donors (Lipinski definition) is 13. The van der Waals surface area contributed by atoms with Crippen LogP contribution in [0.1, 0.15) is 0 Å². The van der Waals surface area contributed by atoms with Crippen molar-refractivity contribution in [1.29, 1.82) is 0 Å². The van der Waals surface area contributed by atoms with Crippen molar-refractivity contribution in [2.24, 2.45) is 0 Å². The maximum atomic E-state index is 12.1. The Kier molecular flexibility index (Phi) is 12.7. The molecule has 0 radical (unpaired) electrons. The maximum Gasteiger partial charge on any atom is 0.481 e. The first-order chi connectivity index (χ1) is 17.3. The lowest BCUT2D eigenvalue weighted by molar-refractivity contribution is -0.205. The molecule has 13 N–H and O–H groups in total. The molecule has 0 aromatic heterocycles. The van der Waals surface area contributed by atoms with Crippen LogP contribution < -0.4 is 0 Å². The van der Waals surface area contributed by atoms with Gasteiger partial charge in [-0.3, -0.25) is 22.6 Å². The van der Waals surface area contributed by atoms with Crippen LogP contribution in [-0.4, -0.2) is 100 Å². The summed E-state index contributed by atoms with van der Waals surface area (Å²) < 4.78 is 108. The van der Waals surface area contributed by atoms with Gasteiger partial charge in [0.15, 0.2) is 0 Å². The Hall–Kier alpha value is 0.810. The minimum Gasteiger partial charge on any atom is -0.387 e. The zero-order valence-corrected chi connectivity index (χ0v) is 24.4. The van der Waals surface area contributed by atoms with Gasteiger partial charge in [0.05, 0.1) is 0 Å². The van der Waals surface area contributed by atoms with Gasteiger partial charge in [0.1, 0.15) is 36.6 Å². The fourth-order valence-corrected chi connectivity index (χ4v) is 8.07. The van der Waals surface area contributed by atoms with Gasteiger partial charge in [-0.25, -0.2) is 32.0 Å². The van der Waals surface area contributed by atoms with Crippen molar-refractivity contribution in [2.75, 3.05) is 0 Å². The minimum absolute atomic E-state index is 3.20. The minimum atomic E-state index is -6.34. The van der Waals surface area contributed by atoms with E-state index in [2.05, 4.69) is 31.2 Å². The second-order valence-corrected chi connectivity index (χ2v) is 16.0. The molecule has 8 atom stereocenters. The lowest BCUT2D eigenvalue weighted by Gasteiger charge is -2.47. The summed E-state index contributed by atoms with van der Waals surface area (Å²) in [6.45, 7) is 0. The Morgan fingerprint density at radius 1 is 0.350 bits per heavy atom. The van der Waals surface area contributed by atoms with Crippen LogP contribution in [0.2, 0.25) is 0 Å². The van der Waals surface area contributed by atoms with E-state index in [1.54, 1.807) is 0 Å². The molecular weight excluding hydrogens is 721 g/mol. The van der Waals surface area contributed by atoms with E-state index in [9.17, 15) is 66.4 Å². The van der Waals surface area contributed by atoms with E-state index >= 15 is 0 Å². The van der Waals surface area contributed by atoms with E-state index in [0.29, 0.717) is 0 Å². The third-order valence-electron chi connectivity index (χ3n) is 3.67. The molecule has 240 valence electrons. The molecule has 0 amide bonds. The van der Waals surface area contributed by atoms with Gasteiger partial charge in [0.2, 0.25) is 0 Å². The smallest absolute Gasteiger partial charge is 0.387 e. The molecule has 0 aromatic carbocycles. The Bertz CT molecular complexity index is 1230. The highest BCUT2D eigenvalue weighted by Gasteiger charge is 2.61. The van der Waals surface area contributed by atoms with Crippen LogP contribution in [-0.2, 0) is 63.2 Å². The van der Waals surface area contributed by atoms with Crippen molar-refractivity contribution in [1.82, 2.24) is 0 Å². The van der Waals surface area contributed by atoms with Crippen LogP contribution in [0.4, 0.5) is 0 Å². The molecule has 0 saturated heterocycles. The van der Waals surface area contributed by atoms with E-state index < -0.39 is 91.4 Å². The van der Waals surface area contributed by atoms with Crippen molar-refractivity contribution in [2.45, 2.75) is 36.6 Å². The van der Waals surface area contributed by atoms with Crippen molar-refractivity contribution in [3.05, 3.63) is 0 Å². The maximum absolute atomic E-state index is 12.1. The number of hydrogen-bond acceptors (Lipinski definition) is 15. The van der Waals surface area contributed by atoms with Gasteiger partial charge in [-0.2, -0.15) is 8.62 Å². The molecule has 34 heteroatoms. The van der Waals surface area contributed by atoms with Gasteiger partial charge < -0.3 is 63.8 Å². The summed E-state index contributed by atoms with van der Waals surface area (Å²) in [5.74, 6) is 0. The van der Waals surface area contributed by atoms with Crippen molar-refractivity contribution < 1.29 is 127 Å². The first-order valence-corrected chi connectivity index (χ1v) is 19.4. The van der Waals surface area contributed by atoms with Gasteiger partial charge in [0, 0.05) is 0 Å². The molecule has 1 rings (SSSR count). The van der Waals surface area contributed by atoms with E-state index in [0.717, 1.165) is 0 Å². The van der Waals surface area contributed by atoms with Gasteiger partial charge >= 0.3 is 54.8 Å². The zero-order valence-electron chi connectivity index (χ0n) is 18.1. The molecule has 0 heterocycles. The molecule has 1 aliphatic carbocycles. The van der Waals surface area contributed by atoms with Crippen LogP contribution in [0.25, 0.3) is 0 Å². The van der Waals surface area contributed by atoms with Crippen molar-refractivity contribution >= 4 is 54.8 Å². The number of aliphatic hydroxyl groups excluding tert-OH is 1. The molecule has 1 saturated carbocycles. The average Bonchev–Trinajstić information content (AvgIpc) is 2.57. The van der Waals surface area contributed by atoms with Gasteiger partial charge in [-0.1, -0.05) is 0 Å². The number of rotatable bonds is 14. The largest absolute Gasteiger partial charge is 0.481 e. The standard InChI is InChI=1S/C6H19O27P7/c7-1-2(27-34(8,9)10)5(31-40(25,26)33-38(20,21)22)6(29-36(14,15)16)4(28-35(11,12)13)3(1)30-39(23,24)32-37(17,18)19/h1-7H,(H,23,24)(H,25,26)(H2,8,9,10)(H2,11,12,13)(H2,14,15,16)(H2,17,18,19)(H2,20,21,22)/t1-,2-,3+,4-,5+,6-/m1/s1. The number of phosphoric ester groups is 5. The second kappa shape index (κ2) is 13.0. The normalized spacial score (nSPS) is 30.4. The molecule has 2 unspecified atom stereocenters. The fraction of sp³-hybridized carbons (Fsp3) is 1.00. The highest BCUT2D eigenvalue weighted by atomic mass is 31.3. The average molecular weight is 740 g/mol. The van der Waals surface area contributed by atoms with Crippen LogP contribution in [0, 0.1) is 0 Å². The van der Waals surface area contributed by atoms with Gasteiger partial charge in [0.25, 0.3) is 0 Å². The Morgan fingerprint density at radius 3 is 0.875 bits per heavy atom. The number of phosphoric acid groups is 7.